The third-order valence-electron chi connectivity index (χ3n) is 6.42. The van der Waals surface area contributed by atoms with E-state index in [0.717, 1.165) is 50.6 Å². The van der Waals surface area contributed by atoms with E-state index < -0.39 is 16.1 Å². The third kappa shape index (κ3) is 12.4. The molecule has 0 saturated carbocycles. The number of nitrogens with one attached hydrogen (secondary N) is 1. The lowest BCUT2D eigenvalue weighted by molar-refractivity contribution is 0.107. The van der Waals surface area contributed by atoms with Crippen molar-refractivity contribution >= 4 is 50.7 Å². The van der Waals surface area contributed by atoms with Gasteiger partial charge in [-0.05, 0) is 60.3 Å². The summed E-state index contributed by atoms with van der Waals surface area (Å²) in [5.41, 5.74) is 9.53. The molecule has 1 unspecified atom stereocenters. The van der Waals surface area contributed by atoms with E-state index >= 15 is 0 Å². The monoisotopic (exact) mass is 619 g/mol. The number of aliphatic hydroxyl groups is 1. The lowest BCUT2D eigenvalue weighted by Crippen LogP contribution is -2.29. The van der Waals surface area contributed by atoms with Crippen LogP contribution in [0, 0.1) is 0 Å². The van der Waals surface area contributed by atoms with Crippen LogP contribution in [-0.2, 0) is 21.3 Å². The minimum atomic E-state index is -3.27. The van der Waals surface area contributed by atoms with E-state index in [9.17, 15) is 13.5 Å². The highest BCUT2D eigenvalue weighted by Crippen LogP contribution is 2.31. The van der Waals surface area contributed by atoms with Gasteiger partial charge in [-0.3, -0.25) is 9.62 Å². The van der Waals surface area contributed by atoms with E-state index in [4.69, 9.17) is 33.7 Å². The van der Waals surface area contributed by atoms with Crippen LogP contribution in [-0.4, -0.2) is 51.0 Å². The van der Waals surface area contributed by atoms with Crippen LogP contribution in [0.5, 0.6) is 0 Å². The Labute approximate surface area is 254 Å². The van der Waals surface area contributed by atoms with Gasteiger partial charge in [0, 0.05) is 25.4 Å². The highest BCUT2D eigenvalue weighted by Gasteiger charge is 2.17. The van der Waals surface area contributed by atoms with E-state index in [1.165, 1.54) is 5.56 Å². The molecule has 0 amide bonds. The number of rotatable bonds is 17. The summed E-state index contributed by atoms with van der Waals surface area (Å²) >= 11 is 12.4. The molecule has 0 aliphatic carbocycles. The first-order valence-corrected chi connectivity index (χ1v) is 16.3. The maximum atomic E-state index is 11.3. The minimum Gasteiger partial charge on any atom is -0.396 e. The van der Waals surface area contributed by atoms with Crippen LogP contribution in [0.25, 0.3) is 6.08 Å². The Hall–Kier alpha value is -2.59. The van der Waals surface area contributed by atoms with E-state index in [-0.39, 0.29) is 0 Å². The molecule has 0 saturated heterocycles. The molecule has 0 bridgehead atoms. The number of aliphatic hydroxyl groups excluding tert-OH is 1. The fraction of sp³-hybridized carbons (Fsp3) is 0.355. The molecule has 0 heterocycles. The van der Waals surface area contributed by atoms with Gasteiger partial charge < -0.3 is 15.6 Å². The molecule has 1 atom stereocenters. The second-order valence-corrected chi connectivity index (χ2v) is 12.6. The Morgan fingerprint density at radius 2 is 1.66 bits per heavy atom. The van der Waals surface area contributed by atoms with Gasteiger partial charge in [0.2, 0.25) is 10.0 Å². The van der Waals surface area contributed by atoms with E-state index in [0.29, 0.717) is 46.7 Å². The molecule has 7 nitrogen and oxygen atoms in total. The molecule has 4 N–H and O–H groups in total. The van der Waals surface area contributed by atoms with Gasteiger partial charge in [0.25, 0.3) is 0 Å². The van der Waals surface area contributed by atoms with Crippen LogP contribution in [0.2, 0.25) is 10.0 Å². The molecule has 0 aliphatic heterocycles. The number of unbranched alkanes of at least 4 members (excludes halogenated alkanes) is 3. The third-order valence-corrected chi connectivity index (χ3v) is 7.65. The Kier molecular flexibility index (Phi) is 13.5. The maximum Gasteiger partial charge on any atom is 0.229 e. The van der Waals surface area contributed by atoms with Crippen molar-refractivity contribution < 1.29 is 18.3 Å². The predicted octanol–water partition coefficient (Wildman–Crippen LogP) is 6.77. The van der Waals surface area contributed by atoms with E-state index in [1.54, 1.807) is 24.3 Å². The highest BCUT2D eigenvalue weighted by atomic mass is 35.5. The number of sulfonamides is 1. The SMILES string of the molecule is CS(=O)(=O)Nc1ccc(/C=C\COCCCCCCN(Cc2ccccc2)CC(O)c2cc(Cl)c(N)c(Cl)c2)cc1. The van der Waals surface area contributed by atoms with Crippen molar-refractivity contribution in [1.29, 1.82) is 0 Å². The topological polar surface area (TPSA) is 105 Å². The number of anilines is 2. The summed E-state index contributed by atoms with van der Waals surface area (Å²) in [6.45, 7) is 3.25. The number of nitrogens with two attached hydrogens (primary N) is 1. The van der Waals surface area contributed by atoms with Gasteiger partial charge in [0.05, 0.1) is 34.7 Å². The normalized spacial score (nSPS) is 12.7. The minimum absolute atomic E-state index is 0.321. The summed E-state index contributed by atoms with van der Waals surface area (Å²) in [4.78, 5) is 2.25. The van der Waals surface area contributed by atoms with E-state index in [1.807, 2.05) is 42.5 Å². The molecule has 3 aromatic rings. The Balaban J connectivity index is 1.37. The first kappa shape index (κ1) is 32.9. The van der Waals surface area contributed by atoms with Crippen molar-refractivity contribution in [3.8, 4) is 0 Å². The number of nitrogen functional groups attached to an aromatic ring is 1. The second kappa shape index (κ2) is 16.8. The van der Waals surface area contributed by atoms with Gasteiger partial charge in [-0.1, -0.05) is 90.7 Å². The summed E-state index contributed by atoms with van der Waals surface area (Å²) in [6, 6.07) is 20.7. The van der Waals surface area contributed by atoms with Gasteiger partial charge in [0.15, 0.2) is 0 Å². The fourth-order valence-corrected chi connectivity index (χ4v) is 5.40. The lowest BCUT2D eigenvalue weighted by Gasteiger charge is -2.26. The van der Waals surface area contributed by atoms with Crippen molar-refractivity contribution in [3.63, 3.8) is 0 Å². The van der Waals surface area contributed by atoms with Crippen molar-refractivity contribution in [2.45, 2.75) is 38.3 Å². The first-order valence-electron chi connectivity index (χ1n) is 13.6. The molecular formula is C31H39Cl2N3O4S. The molecule has 0 aromatic heterocycles. The molecule has 0 radical (unpaired) electrons. The van der Waals surface area contributed by atoms with Gasteiger partial charge in [-0.25, -0.2) is 8.42 Å². The number of halogens is 2. The van der Waals surface area contributed by atoms with Crippen LogP contribution < -0.4 is 10.5 Å². The maximum absolute atomic E-state index is 11.3. The number of ether oxygens (including phenoxy) is 1. The number of benzene rings is 3. The summed E-state index contributed by atoms with van der Waals surface area (Å²) in [5, 5.41) is 11.6. The number of nitrogens with zero attached hydrogens (tertiary/aromatic N) is 1. The fourth-order valence-electron chi connectivity index (χ4n) is 4.33. The number of hydrogen-bond acceptors (Lipinski definition) is 6. The standard InChI is InChI=1S/C31H39Cl2N3O4S/c1-41(38,39)35-27-15-13-24(14-16-27)12-9-19-40-18-8-3-2-7-17-36(22-25-10-5-4-6-11-25)23-30(37)26-20-28(32)31(34)29(33)21-26/h4-6,9-16,20-21,30,35,37H,2-3,7-8,17-19,22-23,34H2,1H3/b12-9-. The average Bonchev–Trinajstić information content (AvgIpc) is 2.93. The zero-order chi connectivity index (χ0) is 29.7. The van der Waals surface area contributed by atoms with Crippen molar-refractivity contribution in [1.82, 2.24) is 4.90 Å². The van der Waals surface area contributed by atoms with Crippen molar-refractivity contribution in [2.75, 3.05) is 43.0 Å². The molecule has 0 spiro atoms. The van der Waals surface area contributed by atoms with Gasteiger partial charge in [0.1, 0.15) is 0 Å². The largest absolute Gasteiger partial charge is 0.396 e. The summed E-state index contributed by atoms with van der Waals surface area (Å²) in [5.74, 6) is 0. The summed E-state index contributed by atoms with van der Waals surface area (Å²) in [6.07, 6.45) is 8.40. The van der Waals surface area contributed by atoms with Crippen LogP contribution in [0.15, 0.2) is 72.8 Å². The second-order valence-electron chi connectivity index (χ2n) is 10.0. The van der Waals surface area contributed by atoms with Gasteiger partial charge >= 0.3 is 0 Å². The summed E-state index contributed by atoms with van der Waals surface area (Å²) < 4.78 is 30.8. The van der Waals surface area contributed by atoms with Crippen LogP contribution in [0.4, 0.5) is 11.4 Å². The molecular weight excluding hydrogens is 581 g/mol. The number of hydrogen-bond donors (Lipinski definition) is 3. The Bertz CT molecular complexity index is 1330. The Morgan fingerprint density at radius 3 is 2.32 bits per heavy atom. The first-order chi connectivity index (χ1) is 19.6. The Morgan fingerprint density at radius 1 is 1.00 bits per heavy atom. The summed E-state index contributed by atoms with van der Waals surface area (Å²) in [7, 11) is -3.27. The molecule has 41 heavy (non-hydrogen) atoms. The molecule has 3 aromatic carbocycles. The van der Waals surface area contributed by atoms with Crippen LogP contribution in [0.3, 0.4) is 0 Å². The molecule has 10 heteroatoms. The smallest absolute Gasteiger partial charge is 0.229 e. The molecule has 3 rings (SSSR count). The van der Waals surface area contributed by atoms with E-state index in [2.05, 4.69) is 21.8 Å². The van der Waals surface area contributed by atoms with Crippen molar-refractivity contribution in [3.05, 3.63) is 99.5 Å². The zero-order valence-corrected chi connectivity index (χ0v) is 25.6. The predicted molar refractivity (Wildman–Crippen MR) is 171 cm³/mol. The van der Waals surface area contributed by atoms with Crippen molar-refractivity contribution in [2.24, 2.45) is 0 Å². The van der Waals surface area contributed by atoms with Crippen LogP contribution in [0.1, 0.15) is 48.5 Å². The quantitative estimate of drug-likeness (QED) is 0.114. The average molecular weight is 621 g/mol. The highest BCUT2D eigenvalue weighted by molar-refractivity contribution is 7.92. The molecule has 0 aliphatic rings. The molecule has 222 valence electrons. The van der Waals surface area contributed by atoms with Gasteiger partial charge in [-0.2, -0.15) is 0 Å². The van der Waals surface area contributed by atoms with Crippen LogP contribution >= 0.6 is 23.2 Å². The molecule has 0 fully saturated rings. The van der Waals surface area contributed by atoms with Gasteiger partial charge in [-0.15, -0.1) is 0 Å². The lowest BCUT2D eigenvalue weighted by atomic mass is 10.1. The zero-order valence-electron chi connectivity index (χ0n) is 23.3.